The molecule has 0 atom stereocenters. The monoisotopic (exact) mass is 358 g/mol. The maximum absolute atomic E-state index is 13.1. The Bertz CT molecular complexity index is 980. The fourth-order valence-electron chi connectivity index (χ4n) is 4.45. The summed E-state index contributed by atoms with van der Waals surface area (Å²) in [6, 6.07) is 8.01. The third kappa shape index (κ3) is 3.02. The molecule has 0 saturated carbocycles. The molecule has 3 fully saturated rings. The number of rotatable bonds is 4. The Balaban J connectivity index is 1.43. The van der Waals surface area contributed by atoms with E-state index in [1.807, 2.05) is 36.8 Å². The van der Waals surface area contributed by atoms with Gasteiger partial charge in [0.25, 0.3) is 0 Å². The quantitative estimate of drug-likeness (QED) is 0.716. The van der Waals surface area contributed by atoms with Crippen LogP contribution in [0.2, 0.25) is 0 Å². The maximum atomic E-state index is 13.1. The number of carbonyl (C=O) groups excluding carboxylic acids is 1. The van der Waals surface area contributed by atoms with Gasteiger partial charge in [0.2, 0.25) is 0 Å². The van der Waals surface area contributed by atoms with E-state index in [1.54, 1.807) is 6.20 Å². The highest BCUT2D eigenvalue weighted by atomic mass is 16.1. The standard InChI is InChI=1S/C22H22N4O/c27-21(22-3-7-26(8-4-22)9-5-22)12-19-10-17-11-20(16-2-1-6-23-13-16)25-15-18(17)14-24-19/h1-2,6,10-11,13-15H,3-5,7-9,12H2. The second-order valence-corrected chi connectivity index (χ2v) is 7.81. The van der Waals surface area contributed by atoms with Gasteiger partial charge in [0.1, 0.15) is 5.78 Å². The first kappa shape index (κ1) is 16.5. The molecule has 6 rings (SSSR count). The zero-order valence-electron chi connectivity index (χ0n) is 15.3. The summed E-state index contributed by atoms with van der Waals surface area (Å²) in [4.78, 5) is 28.8. The Morgan fingerprint density at radius 2 is 1.78 bits per heavy atom. The molecule has 0 spiro atoms. The van der Waals surface area contributed by atoms with E-state index in [4.69, 9.17) is 0 Å². The molecule has 0 unspecified atom stereocenters. The third-order valence-electron chi connectivity index (χ3n) is 6.27. The highest BCUT2D eigenvalue weighted by molar-refractivity contribution is 5.89. The molecule has 0 radical (unpaired) electrons. The van der Waals surface area contributed by atoms with Gasteiger partial charge >= 0.3 is 0 Å². The summed E-state index contributed by atoms with van der Waals surface area (Å²) < 4.78 is 0. The Kier molecular flexibility index (Phi) is 3.97. The number of aromatic nitrogens is 3. The van der Waals surface area contributed by atoms with Gasteiger partial charge in [-0.25, -0.2) is 0 Å². The van der Waals surface area contributed by atoms with Crippen molar-refractivity contribution in [3.05, 3.63) is 54.7 Å². The lowest BCUT2D eigenvalue weighted by molar-refractivity contribution is -0.135. The van der Waals surface area contributed by atoms with Gasteiger partial charge in [0.05, 0.1) is 5.69 Å². The largest absolute Gasteiger partial charge is 0.303 e. The average Bonchev–Trinajstić information content (AvgIpc) is 2.75. The summed E-state index contributed by atoms with van der Waals surface area (Å²) in [5.74, 6) is 0.371. The topological polar surface area (TPSA) is 59.0 Å². The summed E-state index contributed by atoms with van der Waals surface area (Å²) in [6.07, 6.45) is 10.7. The first-order chi connectivity index (χ1) is 13.2. The minimum atomic E-state index is -0.107. The maximum Gasteiger partial charge on any atom is 0.145 e. The smallest absolute Gasteiger partial charge is 0.145 e. The van der Waals surface area contributed by atoms with Crippen molar-refractivity contribution in [1.29, 1.82) is 0 Å². The van der Waals surface area contributed by atoms with Gasteiger partial charge in [-0.2, -0.15) is 0 Å². The summed E-state index contributed by atoms with van der Waals surface area (Å²) in [7, 11) is 0. The minimum Gasteiger partial charge on any atom is -0.303 e. The van der Waals surface area contributed by atoms with Crippen molar-refractivity contribution < 1.29 is 4.79 Å². The van der Waals surface area contributed by atoms with E-state index >= 15 is 0 Å². The average molecular weight is 358 g/mol. The van der Waals surface area contributed by atoms with Crippen molar-refractivity contribution in [3.63, 3.8) is 0 Å². The van der Waals surface area contributed by atoms with E-state index in [0.717, 1.165) is 66.6 Å². The van der Waals surface area contributed by atoms with Crippen molar-refractivity contribution >= 4 is 16.6 Å². The second kappa shape index (κ2) is 6.50. The predicted molar refractivity (Wildman–Crippen MR) is 104 cm³/mol. The zero-order chi connectivity index (χ0) is 18.3. The van der Waals surface area contributed by atoms with Crippen LogP contribution in [0.3, 0.4) is 0 Å². The van der Waals surface area contributed by atoms with Crippen LogP contribution in [0.15, 0.2) is 49.1 Å². The summed E-state index contributed by atoms with van der Waals surface area (Å²) in [5.41, 5.74) is 2.63. The molecule has 5 nitrogen and oxygen atoms in total. The highest BCUT2D eigenvalue weighted by Gasteiger charge is 2.44. The third-order valence-corrected chi connectivity index (χ3v) is 6.27. The number of pyridine rings is 3. The van der Waals surface area contributed by atoms with Gasteiger partial charge in [-0.3, -0.25) is 19.7 Å². The molecule has 3 aliphatic rings. The molecular formula is C22H22N4O. The van der Waals surface area contributed by atoms with E-state index in [0.29, 0.717) is 12.2 Å². The molecule has 3 saturated heterocycles. The Hall–Kier alpha value is -2.66. The van der Waals surface area contributed by atoms with E-state index in [2.05, 4.69) is 25.9 Å². The van der Waals surface area contributed by atoms with E-state index in [-0.39, 0.29) is 5.41 Å². The summed E-state index contributed by atoms with van der Waals surface area (Å²) >= 11 is 0. The van der Waals surface area contributed by atoms with Gasteiger partial charge in [0.15, 0.2) is 0 Å². The van der Waals surface area contributed by atoms with Gasteiger partial charge in [-0.05, 0) is 68.5 Å². The van der Waals surface area contributed by atoms with Crippen molar-refractivity contribution in [1.82, 2.24) is 19.9 Å². The van der Waals surface area contributed by atoms with Crippen LogP contribution < -0.4 is 0 Å². The van der Waals surface area contributed by atoms with E-state index in [9.17, 15) is 4.79 Å². The van der Waals surface area contributed by atoms with E-state index < -0.39 is 0 Å². The van der Waals surface area contributed by atoms with E-state index in [1.165, 1.54) is 0 Å². The van der Waals surface area contributed by atoms with Crippen molar-refractivity contribution in [3.8, 4) is 11.3 Å². The molecule has 6 heterocycles. The van der Waals surface area contributed by atoms with Crippen LogP contribution in [-0.2, 0) is 11.2 Å². The fourth-order valence-corrected chi connectivity index (χ4v) is 4.45. The number of hydrogen-bond acceptors (Lipinski definition) is 5. The van der Waals surface area contributed by atoms with Crippen LogP contribution >= 0.6 is 0 Å². The molecule has 5 heteroatoms. The molecule has 0 aliphatic carbocycles. The highest BCUT2D eigenvalue weighted by Crippen LogP contribution is 2.41. The molecule has 0 amide bonds. The Morgan fingerprint density at radius 1 is 1.00 bits per heavy atom. The summed E-state index contributed by atoms with van der Waals surface area (Å²) in [5, 5.41) is 2.06. The lowest BCUT2D eigenvalue weighted by Gasteiger charge is -2.47. The summed E-state index contributed by atoms with van der Waals surface area (Å²) in [6.45, 7) is 3.20. The van der Waals surface area contributed by atoms with Crippen molar-refractivity contribution in [2.24, 2.45) is 5.41 Å². The van der Waals surface area contributed by atoms with Crippen molar-refractivity contribution in [2.75, 3.05) is 19.6 Å². The molecular weight excluding hydrogens is 336 g/mol. The van der Waals surface area contributed by atoms with Gasteiger partial charge < -0.3 is 4.90 Å². The molecule has 0 N–H and O–H groups in total. The number of piperidine rings is 3. The zero-order valence-corrected chi connectivity index (χ0v) is 15.3. The number of carbonyl (C=O) groups is 1. The molecule has 3 aromatic heterocycles. The van der Waals surface area contributed by atoms with Gasteiger partial charge in [0, 0.05) is 53.3 Å². The second-order valence-electron chi connectivity index (χ2n) is 7.81. The molecule has 2 bridgehead atoms. The lowest BCUT2D eigenvalue weighted by Crippen LogP contribution is -2.52. The molecule has 27 heavy (non-hydrogen) atoms. The van der Waals surface area contributed by atoms with Crippen LogP contribution in [-0.4, -0.2) is 45.3 Å². The molecule has 136 valence electrons. The van der Waals surface area contributed by atoms with Crippen molar-refractivity contribution in [2.45, 2.75) is 25.7 Å². The van der Waals surface area contributed by atoms with Crippen LogP contribution in [0.5, 0.6) is 0 Å². The molecule has 3 aromatic rings. The first-order valence-electron chi connectivity index (χ1n) is 9.63. The number of ketones is 1. The van der Waals surface area contributed by atoms with Gasteiger partial charge in [-0.1, -0.05) is 0 Å². The minimum absolute atomic E-state index is 0.107. The first-order valence-corrected chi connectivity index (χ1v) is 9.63. The number of Topliss-reactive ketones (excluding diaryl/α,β-unsaturated/α-hetero) is 1. The SMILES string of the molecule is O=C(Cc1cc2cc(-c3cccnc3)ncc2cn1)C12CCN(CC1)CC2. The Labute approximate surface area is 158 Å². The Morgan fingerprint density at radius 3 is 2.52 bits per heavy atom. The molecule has 3 aliphatic heterocycles. The van der Waals surface area contributed by atoms with Crippen LogP contribution in [0.25, 0.3) is 22.0 Å². The normalized spacial score (nSPS) is 24.2. The number of hydrogen-bond donors (Lipinski definition) is 0. The van der Waals surface area contributed by atoms with Crippen LogP contribution in [0.4, 0.5) is 0 Å². The van der Waals surface area contributed by atoms with Gasteiger partial charge in [-0.15, -0.1) is 0 Å². The number of fused-ring (bicyclic) bond motifs is 4. The van der Waals surface area contributed by atoms with Crippen LogP contribution in [0.1, 0.15) is 25.0 Å². The number of nitrogens with zero attached hydrogens (tertiary/aromatic N) is 4. The lowest BCUT2D eigenvalue weighted by atomic mass is 9.68. The fraction of sp³-hybridized carbons (Fsp3) is 0.364. The van der Waals surface area contributed by atoms with Crippen LogP contribution in [0, 0.1) is 5.41 Å². The predicted octanol–water partition coefficient (Wildman–Crippen LogP) is 3.29. The molecule has 0 aromatic carbocycles.